The molecule has 2 aromatic heterocycles. The minimum Gasteiger partial charge on any atom is -0.491 e. The minimum absolute atomic E-state index is 0. The summed E-state index contributed by atoms with van der Waals surface area (Å²) >= 11 is 5.21. The normalized spacial score (nSPS) is 11.4. The van der Waals surface area contributed by atoms with E-state index in [2.05, 4.69) is 15.6 Å². The van der Waals surface area contributed by atoms with E-state index in [4.69, 9.17) is 21.4 Å². The lowest BCUT2D eigenvalue weighted by molar-refractivity contribution is 0.0953. The Morgan fingerprint density at radius 3 is 2.90 bits per heavy atom. The number of hydrogen-bond acceptors (Lipinski definition) is 5. The highest BCUT2D eigenvalue weighted by atomic mass is 35.5. The Morgan fingerprint density at radius 2 is 2.14 bits per heavy atom. The molecule has 0 bridgehead atoms. The number of hydrogen-bond donors (Lipinski definition) is 2. The van der Waals surface area contributed by atoms with Crippen molar-refractivity contribution in [1.82, 2.24) is 10.3 Å². The number of halogens is 2. The molecule has 0 aliphatic rings. The number of thiocarbonyl (C=S) groups is 1. The van der Waals surface area contributed by atoms with E-state index >= 15 is 0 Å². The van der Waals surface area contributed by atoms with E-state index in [1.165, 1.54) is 0 Å². The summed E-state index contributed by atoms with van der Waals surface area (Å²) in [6.45, 7) is 2.04. The first kappa shape index (κ1) is 22.6. The summed E-state index contributed by atoms with van der Waals surface area (Å²) in [4.78, 5) is 16.3. The van der Waals surface area contributed by atoms with Crippen LogP contribution in [0.3, 0.4) is 0 Å². The summed E-state index contributed by atoms with van der Waals surface area (Å²) in [5.41, 5.74) is 1.14. The second-order valence-electron chi connectivity index (χ2n) is 6.07. The zero-order chi connectivity index (χ0) is 19.9. The number of ether oxygens (including phenoxy) is 1. The molecule has 154 valence electrons. The van der Waals surface area contributed by atoms with Crippen LogP contribution in [0.2, 0.25) is 0 Å². The van der Waals surface area contributed by atoms with E-state index in [-0.39, 0.29) is 29.9 Å². The molecule has 9 heteroatoms. The van der Waals surface area contributed by atoms with Gasteiger partial charge in [-0.25, -0.2) is 4.39 Å². The number of amides is 1. The Hall–Kier alpha value is -2.71. The van der Waals surface area contributed by atoms with Gasteiger partial charge in [-0.2, -0.15) is 0 Å². The SMILES string of the molecule is CCC(F)CCOc1ccccc1NC(=S)NC(=O)c1cc2cnccc2o1.Cl. The molecule has 0 saturated carbocycles. The van der Waals surface area contributed by atoms with Gasteiger partial charge in [0.05, 0.1) is 12.3 Å². The van der Waals surface area contributed by atoms with Crippen molar-refractivity contribution in [3.8, 4) is 5.75 Å². The molecule has 29 heavy (non-hydrogen) atoms. The molecule has 0 aliphatic heterocycles. The standard InChI is InChI=1S/C20H20FN3O3S.ClH/c1-2-14(21)8-10-26-17-6-4-3-5-15(17)23-20(28)24-19(25)18-11-13-12-22-9-7-16(13)27-18;/h3-7,9,11-12,14H,2,8,10H2,1H3,(H2,23,24,25,28);1H. The Morgan fingerprint density at radius 1 is 1.34 bits per heavy atom. The van der Waals surface area contributed by atoms with Crippen LogP contribution in [0.25, 0.3) is 11.0 Å². The molecule has 0 aliphatic carbocycles. The third-order valence-electron chi connectivity index (χ3n) is 4.03. The molecule has 1 unspecified atom stereocenters. The lowest BCUT2D eigenvalue weighted by Crippen LogP contribution is -2.34. The number of alkyl halides is 1. The molecule has 3 rings (SSSR count). The average molecular weight is 438 g/mol. The summed E-state index contributed by atoms with van der Waals surface area (Å²) < 4.78 is 24.5. The van der Waals surface area contributed by atoms with Crippen LogP contribution < -0.4 is 15.4 Å². The smallest absolute Gasteiger partial charge is 0.293 e. The molecule has 1 atom stereocenters. The first-order valence-corrected chi connectivity index (χ1v) is 9.29. The van der Waals surface area contributed by atoms with Gasteiger partial charge in [-0.3, -0.25) is 15.1 Å². The molecule has 0 fully saturated rings. The first-order chi connectivity index (χ1) is 13.6. The predicted octanol–water partition coefficient (Wildman–Crippen LogP) is 4.89. The highest BCUT2D eigenvalue weighted by Gasteiger charge is 2.15. The first-order valence-electron chi connectivity index (χ1n) is 8.88. The molecular weight excluding hydrogens is 417 g/mol. The van der Waals surface area contributed by atoms with E-state index < -0.39 is 12.1 Å². The van der Waals surface area contributed by atoms with Gasteiger partial charge in [0, 0.05) is 24.2 Å². The largest absolute Gasteiger partial charge is 0.491 e. The van der Waals surface area contributed by atoms with Gasteiger partial charge in [0.25, 0.3) is 5.91 Å². The van der Waals surface area contributed by atoms with Crippen LogP contribution in [0, 0.1) is 0 Å². The Labute approximate surface area is 179 Å². The lowest BCUT2D eigenvalue weighted by Gasteiger charge is -2.14. The number of para-hydroxylation sites is 2. The lowest BCUT2D eigenvalue weighted by atomic mass is 10.2. The summed E-state index contributed by atoms with van der Waals surface area (Å²) in [6, 6.07) is 10.4. The van der Waals surface area contributed by atoms with Crippen LogP contribution in [-0.4, -0.2) is 28.8 Å². The number of fused-ring (bicyclic) bond motifs is 1. The van der Waals surface area contributed by atoms with Gasteiger partial charge in [0.1, 0.15) is 17.5 Å². The molecule has 0 saturated heterocycles. The Balaban J connectivity index is 0.00000300. The molecule has 1 amide bonds. The predicted molar refractivity (Wildman–Crippen MR) is 117 cm³/mol. The van der Waals surface area contributed by atoms with E-state index in [9.17, 15) is 9.18 Å². The third-order valence-corrected chi connectivity index (χ3v) is 4.24. The topological polar surface area (TPSA) is 76.4 Å². The van der Waals surface area contributed by atoms with Crippen LogP contribution in [0.4, 0.5) is 10.1 Å². The number of benzene rings is 1. The molecule has 0 spiro atoms. The summed E-state index contributed by atoms with van der Waals surface area (Å²) in [6.07, 6.45) is 3.08. The third kappa shape index (κ3) is 6.13. The Bertz CT molecular complexity index is 949. The molecule has 3 aromatic rings. The summed E-state index contributed by atoms with van der Waals surface area (Å²) in [5.74, 6) is 0.178. The van der Waals surface area contributed by atoms with Crippen LogP contribution in [-0.2, 0) is 0 Å². The highest BCUT2D eigenvalue weighted by Crippen LogP contribution is 2.24. The molecule has 0 radical (unpaired) electrons. The maximum absolute atomic E-state index is 13.4. The van der Waals surface area contributed by atoms with Gasteiger partial charge in [-0.1, -0.05) is 19.1 Å². The number of nitrogens with one attached hydrogen (secondary N) is 2. The van der Waals surface area contributed by atoms with Gasteiger partial charge in [-0.15, -0.1) is 12.4 Å². The van der Waals surface area contributed by atoms with Gasteiger partial charge in [0.15, 0.2) is 10.9 Å². The van der Waals surface area contributed by atoms with Crippen molar-refractivity contribution in [3.63, 3.8) is 0 Å². The molecular formula is C20H21ClFN3O3S. The van der Waals surface area contributed by atoms with Crippen LogP contribution in [0.5, 0.6) is 5.75 Å². The number of carbonyl (C=O) groups is 1. The van der Waals surface area contributed by atoms with Crippen molar-refractivity contribution < 1.29 is 18.3 Å². The molecule has 6 nitrogen and oxygen atoms in total. The van der Waals surface area contributed by atoms with E-state index in [1.807, 2.05) is 0 Å². The fourth-order valence-corrected chi connectivity index (χ4v) is 2.71. The number of aromatic nitrogens is 1. The summed E-state index contributed by atoms with van der Waals surface area (Å²) in [5, 5.41) is 6.31. The molecule has 2 N–H and O–H groups in total. The van der Waals surface area contributed by atoms with Crippen LogP contribution >= 0.6 is 24.6 Å². The number of carbonyl (C=O) groups excluding carboxylic acids is 1. The zero-order valence-corrected chi connectivity index (χ0v) is 17.3. The fraction of sp³-hybridized carbons (Fsp3) is 0.250. The van der Waals surface area contributed by atoms with E-state index in [0.29, 0.717) is 29.9 Å². The number of anilines is 1. The van der Waals surface area contributed by atoms with Crippen molar-refractivity contribution in [3.05, 3.63) is 54.6 Å². The number of pyridine rings is 1. The van der Waals surface area contributed by atoms with E-state index in [1.54, 1.807) is 55.7 Å². The van der Waals surface area contributed by atoms with Crippen molar-refractivity contribution in [2.24, 2.45) is 0 Å². The van der Waals surface area contributed by atoms with Crippen LogP contribution in [0.1, 0.15) is 30.3 Å². The van der Waals surface area contributed by atoms with Crippen molar-refractivity contribution in [2.45, 2.75) is 25.9 Å². The highest BCUT2D eigenvalue weighted by molar-refractivity contribution is 7.80. The quantitative estimate of drug-likeness (QED) is 0.512. The van der Waals surface area contributed by atoms with Gasteiger partial charge < -0.3 is 14.5 Å². The van der Waals surface area contributed by atoms with Gasteiger partial charge in [0.2, 0.25) is 0 Å². The number of rotatable bonds is 7. The molecule has 1 aromatic carbocycles. The monoisotopic (exact) mass is 437 g/mol. The Kier molecular flexibility index (Phi) is 8.35. The van der Waals surface area contributed by atoms with E-state index in [0.717, 1.165) is 5.39 Å². The number of furan rings is 1. The molecule has 2 heterocycles. The van der Waals surface area contributed by atoms with Gasteiger partial charge >= 0.3 is 0 Å². The average Bonchev–Trinajstić information content (AvgIpc) is 3.13. The van der Waals surface area contributed by atoms with Crippen molar-refractivity contribution in [2.75, 3.05) is 11.9 Å². The van der Waals surface area contributed by atoms with Crippen molar-refractivity contribution in [1.29, 1.82) is 0 Å². The van der Waals surface area contributed by atoms with Gasteiger partial charge in [-0.05, 0) is 42.9 Å². The number of nitrogens with zero attached hydrogens (tertiary/aromatic N) is 1. The second-order valence-corrected chi connectivity index (χ2v) is 6.48. The maximum Gasteiger partial charge on any atom is 0.293 e. The second kappa shape index (κ2) is 10.7. The van der Waals surface area contributed by atoms with Crippen molar-refractivity contribution >= 4 is 52.3 Å². The zero-order valence-electron chi connectivity index (χ0n) is 15.7. The van der Waals surface area contributed by atoms with Crippen LogP contribution in [0.15, 0.2) is 53.2 Å². The fourth-order valence-electron chi connectivity index (χ4n) is 2.51. The summed E-state index contributed by atoms with van der Waals surface area (Å²) in [7, 11) is 0. The minimum atomic E-state index is -0.889. The maximum atomic E-state index is 13.4.